The molecule has 2 N–H and O–H groups in total. The van der Waals surface area contributed by atoms with Gasteiger partial charge in [0.05, 0.1) is 4.92 Å². The fraction of sp³-hybridized carbons (Fsp3) is 0.125. The molecule has 106 valence electrons. The molecule has 0 bridgehead atoms. The second-order valence-electron chi connectivity index (χ2n) is 4.92. The summed E-state index contributed by atoms with van der Waals surface area (Å²) < 4.78 is 0. The summed E-state index contributed by atoms with van der Waals surface area (Å²) >= 11 is 0. The Hall–Kier alpha value is -2.82. The van der Waals surface area contributed by atoms with Gasteiger partial charge in [-0.2, -0.15) is 0 Å². The molecule has 3 aromatic rings. The summed E-state index contributed by atoms with van der Waals surface area (Å²) in [7, 11) is 0. The highest BCUT2D eigenvalue weighted by Gasteiger charge is 2.13. The van der Waals surface area contributed by atoms with Crippen LogP contribution in [0, 0.1) is 17.0 Å². The lowest BCUT2D eigenvalue weighted by Crippen LogP contribution is -2.03. The first-order chi connectivity index (χ1) is 10.2. The van der Waals surface area contributed by atoms with Gasteiger partial charge < -0.3 is 10.3 Å². The Labute approximate surface area is 121 Å². The van der Waals surface area contributed by atoms with E-state index >= 15 is 0 Å². The van der Waals surface area contributed by atoms with Gasteiger partial charge in [0.25, 0.3) is 5.69 Å². The van der Waals surface area contributed by atoms with E-state index in [1.165, 1.54) is 6.07 Å². The summed E-state index contributed by atoms with van der Waals surface area (Å²) in [4.78, 5) is 13.8. The van der Waals surface area contributed by atoms with Crippen LogP contribution in [0.25, 0.3) is 10.9 Å². The average Bonchev–Trinajstić information content (AvgIpc) is 2.95. The molecular weight excluding hydrogens is 266 g/mol. The second-order valence-corrected chi connectivity index (χ2v) is 4.92. The van der Waals surface area contributed by atoms with E-state index in [4.69, 9.17) is 0 Å². The molecule has 5 nitrogen and oxygen atoms in total. The van der Waals surface area contributed by atoms with Gasteiger partial charge in [-0.1, -0.05) is 18.2 Å². The minimum atomic E-state index is -0.354. The minimum absolute atomic E-state index is 0.139. The van der Waals surface area contributed by atoms with Crippen molar-refractivity contribution in [2.75, 3.05) is 5.32 Å². The number of nitro groups is 1. The maximum absolute atomic E-state index is 11.0. The third-order valence-corrected chi connectivity index (χ3v) is 3.66. The molecule has 0 aliphatic rings. The van der Waals surface area contributed by atoms with Gasteiger partial charge in [0.2, 0.25) is 0 Å². The monoisotopic (exact) mass is 281 g/mol. The number of hydrogen-bond acceptors (Lipinski definition) is 3. The van der Waals surface area contributed by atoms with Gasteiger partial charge in [-0.15, -0.1) is 0 Å². The molecule has 0 unspecified atom stereocenters. The number of aromatic amines is 1. The van der Waals surface area contributed by atoms with Crippen LogP contribution in [0.2, 0.25) is 0 Å². The molecule has 0 fully saturated rings. The van der Waals surface area contributed by atoms with Crippen molar-refractivity contribution < 1.29 is 4.92 Å². The Bertz CT molecular complexity index is 808. The van der Waals surface area contributed by atoms with E-state index in [1.807, 2.05) is 30.5 Å². The van der Waals surface area contributed by atoms with Crippen LogP contribution in [0.15, 0.2) is 48.7 Å². The predicted molar refractivity (Wildman–Crippen MR) is 83.5 cm³/mol. The lowest BCUT2D eigenvalue weighted by molar-refractivity contribution is -0.385. The Morgan fingerprint density at radius 2 is 2.00 bits per heavy atom. The Balaban J connectivity index is 1.87. The van der Waals surface area contributed by atoms with E-state index in [0.29, 0.717) is 12.1 Å². The first-order valence-corrected chi connectivity index (χ1v) is 6.69. The smallest absolute Gasteiger partial charge is 0.274 e. The summed E-state index contributed by atoms with van der Waals surface area (Å²) in [5, 5.41) is 15.4. The SMILES string of the molecule is Cc1c(NCc2cccc3[nH]ccc23)cccc1[N+](=O)[O-]. The maximum Gasteiger partial charge on any atom is 0.274 e. The van der Waals surface area contributed by atoms with Crippen LogP contribution in [-0.4, -0.2) is 9.91 Å². The van der Waals surface area contributed by atoms with Crippen LogP contribution in [0.1, 0.15) is 11.1 Å². The average molecular weight is 281 g/mol. The molecule has 1 aromatic heterocycles. The van der Waals surface area contributed by atoms with Crippen molar-refractivity contribution in [1.29, 1.82) is 0 Å². The normalized spacial score (nSPS) is 10.7. The highest BCUT2D eigenvalue weighted by Crippen LogP contribution is 2.26. The van der Waals surface area contributed by atoms with Crippen molar-refractivity contribution in [2.45, 2.75) is 13.5 Å². The van der Waals surface area contributed by atoms with Crippen LogP contribution in [0.3, 0.4) is 0 Å². The lowest BCUT2D eigenvalue weighted by Gasteiger charge is -2.10. The van der Waals surface area contributed by atoms with Crippen molar-refractivity contribution >= 4 is 22.3 Å². The molecule has 3 rings (SSSR count). The summed E-state index contributed by atoms with van der Waals surface area (Å²) in [5.41, 5.74) is 3.82. The minimum Gasteiger partial charge on any atom is -0.381 e. The molecule has 0 amide bonds. The van der Waals surface area contributed by atoms with E-state index in [0.717, 1.165) is 22.2 Å². The van der Waals surface area contributed by atoms with E-state index in [2.05, 4.69) is 16.4 Å². The number of rotatable bonds is 4. The zero-order chi connectivity index (χ0) is 14.8. The van der Waals surface area contributed by atoms with Crippen LogP contribution >= 0.6 is 0 Å². The van der Waals surface area contributed by atoms with E-state index < -0.39 is 0 Å². The molecule has 21 heavy (non-hydrogen) atoms. The molecule has 0 aliphatic carbocycles. The third-order valence-electron chi connectivity index (χ3n) is 3.66. The fourth-order valence-corrected chi connectivity index (χ4v) is 2.51. The number of H-pyrrole nitrogens is 1. The zero-order valence-corrected chi connectivity index (χ0v) is 11.6. The summed E-state index contributed by atoms with van der Waals surface area (Å²) in [6.45, 7) is 2.38. The van der Waals surface area contributed by atoms with Gasteiger partial charge in [0.15, 0.2) is 0 Å². The predicted octanol–water partition coefficient (Wildman–Crippen LogP) is 4.00. The van der Waals surface area contributed by atoms with Crippen molar-refractivity contribution in [2.24, 2.45) is 0 Å². The number of fused-ring (bicyclic) bond motifs is 1. The number of aromatic nitrogens is 1. The topological polar surface area (TPSA) is 71.0 Å². The Morgan fingerprint density at radius 3 is 2.81 bits per heavy atom. The molecule has 0 spiro atoms. The van der Waals surface area contributed by atoms with Gasteiger partial charge in [-0.05, 0) is 30.7 Å². The molecular formula is C16H15N3O2. The van der Waals surface area contributed by atoms with Crippen LogP contribution < -0.4 is 5.32 Å². The molecule has 0 saturated heterocycles. The van der Waals surface area contributed by atoms with E-state index in [9.17, 15) is 10.1 Å². The van der Waals surface area contributed by atoms with E-state index in [1.54, 1.807) is 13.0 Å². The molecule has 0 atom stereocenters. The van der Waals surface area contributed by atoms with Crippen molar-refractivity contribution in [3.8, 4) is 0 Å². The van der Waals surface area contributed by atoms with Crippen LogP contribution in [0.4, 0.5) is 11.4 Å². The highest BCUT2D eigenvalue weighted by molar-refractivity contribution is 5.83. The van der Waals surface area contributed by atoms with Crippen LogP contribution in [0.5, 0.6) is 0 Å². The lowest BCUT2D eigenvalue weighted by atomic mass is 10.1. The summed E-state index contributed by atoms with van der Waals surface area (Å²) in [6, 6.07) is 13.2. The standard InChI is InChI=1S/C16H15N3O2/c1-11-14(5-3-7-16(11)19(20)21)18-10-12-4-2-6-15-13(12)8-9-17-15/h2-9,17-18H,10H2,1H3. The fourth-order valence-electron chi connectivity index (χ4n) is 2.51. The van der Waals surface area contributed by atoms with Crippen molar-refractivity contribution in [3.63, 3.8) is 0 Å². The molecule has 0 saturated carbocycles. The Kier molecular flexibility index (Phi) is 3.31. The number of nitrogens with one attached hydrogen (secondary N) is 2. The zero-order valence-electron chi connectivity index (χ0n) is 11.6. The maximum atomic E-state index is 11.0. The second kappa shape index (κ2) is 5.28. The molecule has 0 radical (unpaired) electrons. The van der Waals surface area contributed by atoms with Crippen LogP contribution in [-0.2, 0) is 6.54 Å². The van der Waals surface area contributed by atoms with Gasteiger partial charge in [-0.25, -0.2) is 0 Å². The first kappa shape index (κ1) is 13.2. The number of benzene rings is 2. The van der Waals surface area contributed by atoms with Gasteiger partial charge in [0, 0.05) is 41.0 Å². The third kappa shape index (κ3) is 2.45. The quantitative estimate of drug-likeness (QED) is 0.561. The van der Waals surface area contributed by atoms with Crippen molar-refractivity contribution in [1.82, 2.24) is 4.98 Å². The first-order valence-electron chi connectivity index (χ1n) is 6.69. The largest absolute Gasteiger partial charge is 0.381 e. The van der Waals surface area contributed by atoms with Gasteiger partial charge in [-0.3, -0.25) is 10.1 Å². The molecule has 0 aliphatic heterocycles. The number of nitrogens with zero attached hydrogens (tertiary/aromatic N) is 1. The number of anilines is 1. The number of hydrogen-bond donors (Lipinski definition) is 2. The molecule has 1 heterocycles. The summed E-state index contributed by atoms with van der Waals surface area (Å²) in [5.74, 6) is 0. The van der Waals surface area contributed by atoms with E-state index in [-0.39, 0.29) is 10.6 Å². The van der Waals surface area contributed by atoms with Gasteiger partial charge >= 0.3 is 0 Å². The van der Waals surface area contributed by atoms with Gasteiger partial charge in [0.1, 0.15) is 0 Å². The van der Waals surface area contributed by atoms with Crippen molar-refractivity contribution in [3.05, 3.63) is 69.9 Å². The molecule has 5 heteroatoms. The molecule has 2 aromatic carbocycles. The Morgan fingerprint density at radius 1 is 1.19 bits per heavy atom. The summed E-state index contributed by atoms with van der Waals surface area (Å²) in [6.07, 6.45) is 1.91. The number of nitro benzene ring substituents is 1. The highest BCUT2D eigenvalue weighted by atomic mass is 16.6.